The molecular weight excluding hydrogens is 244 g/mol. The Morgan fingerprint density at radius 1 is 1.00 bits per heavy atom. The summed E-state index contributed by atoms with van der Waals surface area (Å²) in [6.45, 7) is 12.4. The minimum atomic E-state index is 0.784. The molecule has 0 aromatic heterocycles. The summed E-state index contributed by atoms with van der Waals surface area (Å²) in [6, 6.07) is 0.784. The normalized spacial score (nSPS) is 36.8. The molecule has 1 saturated heterocycles. The van der Waals surface area contributed by atoms with Gasteiger partial charge in [-0.05, 0) is 56.5 Å². The van der Waals surface area contributed by atoms with Gasteiger partial charge < -0.3 is 10.2 Å². The number of rotatable bonds is 5. The number of piperidine rings is 1. The van der Waals surface area contributed by atoms with E-state index in [0.29, 0.717) is 0 Å². The van der Waals surface area contributed by atoms with E-state index < -0.39 is 0 Å². The van der Waals surface area contributed by atoms with E-state index in [1.54, 1.807) is 0 Å². The highest BCUT2D eigenvalue weighted by atomic mass is 15.1. The summed E-state index contributed by atoms with van der Waals surface area (Å²) in [7, 11) is 0. The molecule has 4 atom stereocenters. The highest BCUT2D eigenvalue weighted by Gasteiger charge is 2.28. The van der Waals surface area contributed by atoms with E-state index >= 15 is 0 Å². The van der Waals surface area contributed by atoms with Gasteiger partial charge in [-0.25, -0.2) is 0 Å². The molecule has 1 aliphatic heterocycles. The van der Waals surface area contributed by atoms with Crippen molar-refractivity contribution in [2.75, 3.05) is 26.2 Å². The molecule has 1 heterocycles. The third kappa shape index (κ3) is 4.73. The summed E-state index contributed by atoms with van der Waals surface area (Å²) in [5, 5.41) is 3.84. The highest BCUT2D eigenvalue weighted by Crippen LogP contribution is 2.28. The monoisotopic (exact) mass is 280 g/mol. The number of hydrogen-bond donors (Lipinski definition) is 1. The predicted octanol–water partition coefficient (Wildman–Crippen LogP) is 3.91. The lowest BCUT2D eigenvalue weighted by Gasteiger charge is -2.38. The lowest BCUT2D eigenvalue weighted by molar-refractivity contribution is 0.108. The van der Waals surface area contributed by atoms with Gasteiger partial charge in [0.2, 0.25) is 0 Å². The average molecular weight is 280 g/mol. The van der Waals surface area contributed by atoms with Gasteiger partial charge in [0.1, 0.15) is 0 Å². The summed E-state index contributed by atoms with van der Waals surface area (Å²) in [5.41, 5.74) is 0. The number of likely N-dealkylation sites (tertiary alicyclic amines) is 1. The van der Waals surface area contributed by atoms with E-state index in [9.17, 15) is 0 Å². The SMILES string of the molecule is CCCNC1CCCCCC1CN1CCC(C)C(C)C1. The zero-order valence-electron chi connectivity index (χ0n) is 14.0. The van der Waals surface area contributed by atoms with Crippen LogP contribution < -0.4 is 5.32 Å². The fraction of sp³-hybridized carbons (Fsp3) is 1.00. The standard InChI is InChI=1S/C18H36N2/c1-4-11-19-18-9-7-5-6-8-17(18)14-20-12-10-15(2)16(3)13-20/h15-19H,4-14H2,1-3H3. The van der Waals surface area contributed by atoms with Crippen LogP contribution >= 0.6 is 0 Å². The molecule has 1 saturated carbocycles. The van der Waals surface area contributed by atoms with Gasteiger partial charge in [-0.3, -0.25) is 0 Å². The van der Waals surface area contributed by atoms with Crippen LogP contribution in [0.3, 0.4) is 0 Å². The van der Waals surface area contributed by atoms with Crippen molar-refractivity contribution in [3.8, 4) is 0 Å². The number of nitrogens with zero attached hydrogens (tertiary/aromatic N) is 1. The summed E-state index contributed by atoms with van der Waals surface area (Å²) in [4.78, 5) is 2.77. The molecule has 0 spiro atoms. The molecule has 118 valence electrons. The van der Waals surface area contributed by atoms with E-state index in [1.165, 1.54) is 71.1 Å². The molecule has 2 heteroatoms. The van der Waals surface area contributed by atoms with Crippen LogP contribution in [0.4, 0.5) is 0 Å². The smallest absolute Gasteiger partial charge is 0.0107 e. The van der Waals surface area contributed by atoms with Crippen LogP contribution in [-0.2, 0) is 0 Å². The van der Waals surface area contributed by atoms with Crippen molar-refractivity contribution in [3.05, 3.63) is 0 Å². The summed E-state index contributed by atoms with van der Waals surface area (Å²) < 4.78 is 0. The molecule has 2 rings (SSSR count). The molecule has 4 unspecified atom stereocenters. The Morgan fingerprint density at radius 2 is 1.80 bits per heavy atom. The molecule has 0 bridgehead atoms. The van der Waals surface area contributed by atoms with Gasteiger partial charge in [0.05, 0.1) is 0 Å². The van der Waals surface area contributed by atoms with Crippen LogP contribution in [0.25, 0.3) is 0 Å². The molecular formula is C18H36N2. The zero-order chi connectivity index (χ0) is 14.4. The molecule has 2 aliphatic rings. The van der Waals surface area contributed by atoms with E-state index in [4.69, 9.17) is 0 Å². The fourth-order valence-electron chi connectivity index (χ4n) is 4.05. The first-order chi connectivity index (χ1) is 9.70. The van der Waals surface area contributed by atoms with Crippen molar-refractivity contribution in [2.45, 2.75) is 71.8 Å². The van der Waals surface area contributed by atoms with Crippen LogP contribution in [0.1, 0.15) is 65.7 Å². The first-order valence-corrected chi connectivity index (χ1v) is 9.16. The van der Waals surface area contributed by atoms with Crippen molar-refractivity contribution in [3.63, 3.8) is 0 Å². The zero-order valence-corrected chi connectivity index (χ0v) is 14.0. The van der Waals surface area contributed by atoms with Gasteiger partial charge >= 0.3 is 0 Å². The summed E-state index contributed by atoms with van der Waals surface area (Å²) >= 11 is 0. The van der Waals surface area contributed by atoms with Crippen molar-refractivity contribution in [1.82, 2.24) is 10.2 Å². The van der Waals surface area contributed by atoms with Crippen LogP contribution in [0.2, 0.25) is 0 Å². The van der Waals surface area contributed by atoms with Crippen molar-refractivity contribution >= 4 is 0 Å². The van der Waals surface area contributed by atoms with Crippen molar-refractivity contribution < 1.29 is 0 Å². The van der Waals surface area contributed by atoms with E-state index in [2.05, 4.69) is 31.0 Å². The largest absolute Gasteiger partial charge is 0.314 e. The van der Waals surface area contributed by atoms with E-state index in [0.717, 1.165) is 23.8 Å². The second kappa shape index (κ2) is 8.38. The summed E-state index contributed by atoms with van der Waals surface area (Å²) in [6.07, 6.45) is 9.86. The summed E-state index contributed by atoms with van der Waals surface area (Å²) in [5.74, 6) is 2.70. The third-order valence-electron chi connectivity index (χ3n) is 5.73. The quantitative estimate of drug-likeness (QED) is 0.768. The molecule has 2 nitrogen and oxygen atoms in total. The molecule has 2 fully saturated rings. The van der Waals surface area contributed by atoms with Crippen molar-refractivity contribution in [2.24, 2.45) is 17.8 Å². The van der Waals surface area contributed by atoms with Crippen LogP contribution in [0, 0.1) is 17.8 Å². The second-order valence-electron chi connectivity index (χ2n) is 7.46. The average Bonchev–Trinajstić information content (AvgIpc) is 2.66. The Morgan fingerprint density at radius 3 is 2.55 bits per heavy atom. The Kier molecular flexibility index (Phi) is 6.83. The van der Waals surface area contributed by atoms with Crippen LogP contribution in [0.15, 0.2) is 0 Å². The first-order valence-electron chi connectivity index (χ1n) is 9.16. The molecule has 0 aromatic rings. The topological polar surface area (TPSA) is 15.3 Å². The van der Waals surface area contributed by atoms with E-state index in [1.807, 2.05) is 0 Å². The highest BCUT2D eigenvalue weighted by molar-refractivity contribution is 4.84. The fourth-order valence-corrected chi connectivity index (χ4v) is 4.05. The minimum absolute atomic E-state index is 0.784. The van der Waals surface area contributed by atoms with Gasteiger partial charge in [-0.1, -0.05) is 40.0 Å². The number of nitrogens with one attached hydrogen (secondary N) is 1. The number of hydrogen-bond acceptors (Lipinski definition) is 2. The predicted molar refractivity (Wildman–Crippen MR) is 88.0 cm³/mol. The molecule has 0 radical (unpaired) electrons. The molecule has 0 aromatic carbocycles. The molecule has 1 N–H and O–H groups in total. The molecule has 1 aliphatic carbocycles. The minimum Gasteiger partial charge on any atom is -0.314 e. The van der Waals surface area contributed by atoms with E-state index in [-0.39, 0.29) is 0 Å². The molecule has 20 heavy (non-hydrogen) atoms. The lowest BCUT2D eigenvalue weighted by atomic mass is 9.87. The van der Waals surface area contributed by atoms with Crippen molar-refractivity contribution in [1.29, 1.82) is 0 Å². The van der Waals surface area contributed by atoms with Gasteiger partial charge in [0.25, 0.3) is 0 Å². The van der Waals surface area contributed by atoms with Gasteiger partial charge in [-0.2, -0.15) is 0 Å². The van der Waals surface area contributed by atoms with Gasteiger partial charge in [0.15, 0.2) is 0 Å². The lowest BCUT2D eigenvalue weighted by Crippen LogP contribution is -2.46. The van der Waals surface area contributed by atoms with Gasteiger partial charge in [0, 0.05) is 19.1 Å². The second-order valence-corrected chi connectivity index (χ2v) is 7.46. The third-order valence-corrected chi connectivity index (χ3v) is 5.73. The molecule has 0 amide bonds. The Hall–Kier alpha value is -0.0800. The maximum Gasteiger partial charge on any atom is 0.0107 e. The Bertz CT molecular complexity index is 266. The van der Waals surface area contributed by atoms with Crippen LogP contribution in [0.5, 0.6) is 0 Å². The maximum atomic E-state index is 3.84. The van der Waals surface area contributed by atoms with Crippen LogP contribution in [-0.4, -0.2) is 37.1 Å². The Labute approximate surface area is 126 Å². The maximum absolute atomic E-state index is 3.84. The van der Waals surface area contributed by atoms with Gasteiger partial charge in [-0.15, -0.1) is 0 Å². The Balaban J connectivity index is 1.86. The first kappa shape index (κ1) is 16.3.